The molecule has 1 rings (SSSR count). The molecule has 1 amide bonds. The van der Waals surface area contributed by atoms with Crippen LogP contribution in [0.15, 0.2) is 18.2 Å². The van der Waals surface area contributed by atoms with Gasteiger partial charge in [0.25, 0.3) is 0 Å². The number of hydrogen-bond acceptors (Lipinski definition) is 4. The lowest BCUT2D eigenvalue weighted by molar-refractivity contribution is -0.127. The van der Waals surface area contributed by atoms with Gasteiger partial charge in [0.15, 0.2) is 0 Å². The Morgan fingerprint density at radius 1 is 1.33 bits per heavy atom. The lowest BCUT2D eigenvalue weighted by Gasteiger charge is -2.24. The van der Waals surface area contributed by atoms with E-state index < -0.39 is 0 Å². The molecule has 1 N–H and O–H groups in total. The number of methoxy groups -OCH3 is 1. The minimum absolute atomic E-state index is 0.000108. The van der Waals surface area contributed by atoms with E-state index in [1.807, 2.05) is 11.9 Å². The number of rotatable bonds is 8. The Bertz CT molecular complexity index is 466. The zero-order valence-corrected chi connectivity index (χ0v) is 13.1. The van der Waals surface area contributed by atoms with E-state index in [1.54, 1.807) is 27.3 Å². The van der Waals surface area contributed by atoms with Crippen LogP contribution in [0.1, 0.15) is 5.56 Å². The molecule has 0 spiro atoms. The van der Waals surface area contributed by atoms with E-state index >= 15 is 0 Å². The molecule has 0 unspecified atom stereocenters. The van der Waals surface area contributed by atoms with Crippen molar-refractivity contribution in [1.82, 2.24) is 10.2 Å². The summed E-state index contributed by atoms with van der Waals surface area (Å²) in [4.78, 5) is 15.1. The largest absolute Gasteiger partial charge is 0.383 e. The first-order valence-corrected chi connectivity index (χ1v) is 6.85. The van der Waals surface area contributed by atoms with Crippen LogP contribution in [0.2, 0.25) is 0 Å². The van der Waals surface area contributed by atoms with Crippen LogP contribution in [0.4, 0.5) is 10.1 Å². The molecule has 0 atom stereocenters. The second-order valence-electron chi connectivity index (χ2n) is 5.09. The second kappa shape index (κ2) is 8.59. The number of hydrogen-bond donors (Lipinski definition) is 1. The van der Waals surface area contributed by atoms with Crippen molar-refractivity contribution in [3.05, 3.63) is 29.6 Å². The average molecular weight is 297 g/mol. The van der Waals surface area contributed by atoms with E-state index in [-0.39, 0.29) is 18.3 Å². The summed E-state index contributed by atoms with van der Waals surface area (Å²) < 4.78 is 18.4. The maximum absolute atomic E-state index is 13.4. The van der Waals surface area contributed by atoms with Crippen LogP contribution in [0.25, 0.3) is 0 Å². The first kappa shape index (κ1) is 17.4. The Kier molecular flexibility index (Phi) is 7.11. The SMILES string of the molecule is COCCNCc1cc(F)ccc1N(C)CC(=O)N(C)C. The summed E-state index contributed by atoms with van der Waals surface area (Å²) in [5.41, 5.74) is 1.66. The first-order chi connectivity index (χ1) is 9.95. The summed E-state index contributed by atoms with van der Waals surface area (Å²) in [6, 6.07) is 4.60. The van der Waals surface area contributed by atoms with Crippen LogP contribution in [0, 0.1) is 5.82 Å². The zero-order chi connectivity index (χ0) is 15.8. The van der Waals surface area contributed by atoms with E-state index in [1.165, 1.54) is 17.0 Å². The number of anilines is 1. The molecule has 0 aliphatic heterocycles. The summed E-state index contributed by atoms with van der Waals surface area (Å²) in [6.45, 7) is 2.06. The third kappa shape index (κ3) is 5.69. The molecule has 0 heterocycles. The summed E-state index contributed by atoms with van der Waals surface area (Å²) in [7, 11) is 6.89. The van der Waals surface area contributed by atoms with Gasteiger partial charge in [0, 0.05) is 47.0 Å². The number of carbonyl (C=O) groups is 1. The van der Waals surface area contributed by atoms with Gasteiger partial charge in [0.05, 0.1) is 13.2 Å². The van der Waals surface area contributed by atoms with Gasteiger partial charge in [-0.15, -0.1) is 0 Å². The minimum atomic E-state index is -0.283. The van der Waals surface area contributed by atoms with Crippen molar-refractivity contribution in [2.45, 2.75) is 6.54 Å². The van der Waals surface area contributed by atoms with Crippen molar-refractivity contribution in [1.29, 1.82) is 0 Å². The second-order valence-corrected chi connectivity index (χ2v) is 5.09. The fraction of sp³-hybridized carbons (Fsp3) is 0.533. The fourth-order valence-corrected chi connectivity index (χ4v) is 1.89. The zero-order valence-electron chi connectivity index (χ0n) is 13.1. The van der Waals surface area contributed by atoms with Gasteiger partial charge in [-0.05, 0) is 23.8 Å². The van der Waals surface area contributed by atoms with Gasteiger partial charge in [-0.25, -0.2) is 4.39 Å². The molecule has 0 fully saturated rings. The fourth-order valence-electron chi connectivity index (χ4n) is 1.89. The number of amides is 1. The highest BCUT2D eigenvalue weighted by molar-refractivity contribution is 5.81. The predicted molar refractivity (Wildman–Crippen MR) is 81.9 cm³/mol. The number of likely N-dealkylation sites (N-methyl/N-ethyl adjacent to an activating group) is 2. The molecular weight excluding hydrogens is 273 g/mol. The Morgan fingerprint density at radius 2 is 2.05 bits per heavy atom. The number of ether oxygens (including phenoxy) is 1. The van der Waals surface area contributed by atoms with Crippen LogP contribution < -0.4 is 10.2 Å². The van der Waals surface area contributed by atoms with Gasteiger partial charge in [0.1, 0.15) is 5.82 Å². The molecule has 21 heavy (non-hydrogen) atoms. The van der Waals surface area contributed by atoms with Crippen molar-refractivity contribution < 1.29 is 13.9 Å². The van der Waals surface area contributed by atoms with Crippen molar-refractivity contribution in [2.75, 3.05) is 52.8 Å². The van der Waals surface area contributed by atoms with Crippen molar-refractivity contribution in [3.8, 4) is 0 Å². The van der Waals surface area contributed by atoms with Crippen LogP contribution in [-0.4, -0.2) is 58.8 Å². The van der Waals surface area contributed by atoms with Crippen molar-refractivity contribution in [3.63, 3.8) is 0 Å². The van der Waals surface area contributed by atoms with Gasteiger partial charge in [-0.2, -0.15) is 0 Å². The molecule has 0 aliphatic carbocycles. The summed E-state index contributed by atoms with van der Waals surface area (Å²) in [6.07, 6.45) is 0. The minimum Gasteiger partial charge on any atom is -0.383 e. The highest BCUT2D eigenvalue weighted by Crippen LogP contribution is 2.20. The third-order valence-corrected chi connectivity index (χ3v) is 3.12. The van der Waals surface area contributed by atoms with E-state index in [0.29, 0.717) is 19.7 Å². The maximum Gasteiger partial charge on any atom is 0.241 e. The molecule has 5 nitrogen and oxygen atoms in total. The van der Waals surface area contributed by atoms with Crippen LogP contribution >= 0.6 is 0 Å². The Morgan fingerprint density at radius 3 is 2.67 bits per heavy atom. The number of carbonyl (C=O) groups excluding carboxylic acids is 1. The predicted octanol–water partition coefficient (Wildman–Crippen LogP) is 1.09. The number of halogens is 1. The standard InChI is InChI=1S/C15H24FN3O2/c1-18(2)15(20)11-19(3)14-6-5-13(16)9-12(14)10-17-7-8-21-4/h5-6,9,17H,7-8,10-11H2,1-4H3. The van der Waals surface area contributed by atoms with Gasteiger partial charge in [-0.3, -0.25) is 4.79 Å². The van der Waals surface area contributed by atoms with Crippen molar-refractivity contribution in [2.24, 2.45) is 0 Å². The lowest BCUT2D eigenvalue weighted by Crippen LogP contribution is -2.35. The Hall–Kier alpha value is -1.66. The van der Waals surface area contributed by atoms with Crippen LogP contribution in [0.5, 0.6) is 0 Å². The highest BCUT2D eigenvalue weighted by Gasteiger charge is 2.13. The molecule has 0 saturated heterocycles. The molecular formula is C15H24FN3O2. The first-order valence-electron chi connectivity index (χ1n) is 6.85. The molecule has 0 bridgehead atoms. The van der Waals surface area contributed by atoms with Gasteiger partial charge in [-0.1, -0.05) is 0 Å². The van der Waals surface area contributed by atoms with Gasteiger partial charge in [0.2, 0.25) is 5.91 Å². The van der Waals surface area contributed by atoms with E-state index in [4.69, 9.17) is 4.74 Å². The van der Waals surface area contributed by atoms with E-state index in [9.17, 15) is 9.18 Å². The smallest absolute Gasteiger partial charge is 0.241 e. The molecule has 0 saturated carbocycles. The molecule has 118 valence electrons. The average Bonchev–Trinajstić information content (AvgIpc) is 2.43. The molecule has 6 heteroatoms. The summed E-state index contributed by atoms with van der Waals surface area (Å²) in [5, 5.41) is 3.19. The van der Waals surface area contributed by atoms with Crippen LogP contribution in [-0.2, 0) is 16.1 Å². The van der Waals surface area contributed by atoms with Gasteiger partial charge >= 0.3 is 0 Å². The number of nitrogens with one attached hydrogen (secondary N) is 1. The number of nitrogens with zero attached hydrogens (tertiary/aromatic N) is 2. The maximum atomic E-state index is 13.4. The Labute approximate surface area is 125 Å². The third-order valence-electron chi connectivity index (χ3n) is 3.12. The summed E-state index contributed by atoms with van der Waals surface area (Å²) in [5.74, 6) is -0.283. The number of benzene rings is 1. The molecule has 0 radical (unpaired) electrons. The van der Waals surface area contributed by atoms with Crippen molar-refractivity contribution >= 4 is 11.6 Å². The van der Waals surface area contributed by atoms with E-state index in [0.717, 1.165) is 11.3 Å². The summed E-state index contributed by atoms with van der Waals surface area (Å²) >= 11 is 0. The quantitative estimate of drug-likeness (QED) is 0.730. The monoisotopic (exact) mass is 297 g/mol. The van der Waals surface area contributed by atoms with E-state index in [2.05, 4.69) is 5.32 Å². The van der Waals surface area contributed by atoms with Crippen LogP contribution in [0.3, 0.4) is 0 Å². The Balaban J connectivity index is 2.77. The molecule has 1 aromatic rings. The molecule has 1 aromatic carbocycles. The topological polar surface area (TPSA) is 44.8 Å². The lowest BCUT2D eigenvalue weighted by atomic mass is 10.1. The molecule has 0 aromatic heterocycles. The molecule has 0 aliphatic rings. The normalized spacial score (nSPS) is 10.5. The van der Waals surface area contributed by atoms with Gasteiger partial charge < -0.3 is 19.9 Å². The highest BCUT2D eigenvalue weighted by atomic mass is 19.1.